The molecule has 0 N–H and O–H groups in total. The van der Waals surface area contributed by atoms with Crippen molar-refractivity contribution in [2.24, 2.45) is 0 Å². The number of halogens is 3. The highest BCUT2D eigenvalue weighted by Gasteiger charge is 2.30. The number of piperazine rings is 2. The van der Waals surface area contributed by atoms with Gasteiger partial charge in [-0.2, -0.15) is 13.2 Å². The van der Waals surface area contributed by atoms with E-state index in [1.165, 1.54) is 38.2 Å². The van der Waals surface area contributed by atoms with E-state index < -0.39 is 11.7 Å². The van der Waals surface area contributed by atoms with Crippen LogP contribution in [-0.4, -0.2) is 96.6 Å². The summed E-state index contributed by atoms with van der Waals surface area (Å²) in [7, 11) is 0. The largest absolute Gasteiger partial charge is 0.412 e. The number of alkyl halides is 3. The normalized spacial score (nSPS) is 24.0. The van der Waals surface area contributed by atoms with Crippen molar-refractivity contribution in [3.05, 3.63) is 23.4 Å². The zero-order chi connectivity index (χ0) is 22.4. The number of hydrogen-bond acceptors (Lipinski definition) is 4. The Balaban J connectivity index is 1.39. The van der Waals surface area contributed by atoms with Crippen LogP contribution in [0.15, 0.2) is 23.4 Å². The molecule has 1 saturated carbocycles. The summed E-state index contributed by atoms with van der Waals surface area (Å²) in [4.78, 5) is 21.6. The van der Waals surface area contributed by atoms with E-state index in [4.69, 9.17) is 0 Å². The third-order valence-corrected chi connectivity index (χ3v) is 7.01. The van der Waals surface area contributed by atoms with Crippen LogP contribution in [0.25, 0.3) is 0 Å². The van der Waals surface area contributed by atoms with Crippen molar-refractivity contribution in [3.63, 3.8) is 0 Å². The number of allylic oxidation sites excluding steroid dienone is 4. The predicted molar refractivity (Wildman–Crippen MR) is 117 cm³/mol. The average Bonchev–Trinajstić information content (AvgIpc) is 2.77. The van der Waals surface area contributed by atoms with Gasteiger partial charge in [-0.1, -0.05) is 25.3 Å². The van der Waals surface area contributed by atoms with Gasteiger partial charge in [-0.25, -0.2) is 0 Å². The summed E-state index contributed by atoms with van der Waals surface area (Å²) in [5, 5.41) is 0. The van der Waals surface area contributed by atoms with Crippen LogP contribution in [0.3, 0.4) is 0 Å². The quantitative estimate of drug-likeness (QED) is 0.610. The molecule has 31 heavy (non-hydrogen) atoms. The first-order valence-electron chi connectivity index (χ1n) is 11.7. The fourth-order valence-electron chi connectivity index (χ4n) is 4.78. The van der Waals surface area contributed by atoms with Crippen LogP contribution in [0.2, 0.25) is 0 Å². The Morgan fingerprint density at radius 1 is 0.839 bits per heavy atom. The van der Waals surface area contributed by atoms with E-state index in [2.05, 4.69) is 14.7 Å². The first-order chi connectivity index (χ1) is 14.7. The number of hydrogen-bond donors (Lipinski definition) is 0. The minimum absolute atomic E-state index is 0.202. The number of nitrogens with zero attached hydrogens (tertiary/aromatic N) is 4. The Hall–Kier alpha value is -1.54. The lowest BCUT2D eigenvalue weighted by molar-refractivity contribution is -0.135. The van der Waals surface area contributed by atoms with Gasteiger partial charge in [0.1, 0.15) is 0 Å². The summed E-state index contributed by atoms with van der Waals surface area (Å²) in [5.41, 5.74) is 0.230. The zero-order valence-corrected chi connectivity index (χ0v) is 19.0. The molecule has 0 radical (unpaired) electrons. The minimum Gasteiger partial charge on any atom is -0.372 e. The second kappa shape index (κ2) is 10.9. The van der Waals surface area contributed by atoms with E-state index >= 15 is 0 Å². The van der Waals surface area contributed by atoms with Crippen LogP contribution >= 0.6 is 0 Å². The smallest absolute Gasteiger partial charge is 0.372 e. The maximum absolute atomic E-state index is 12.8. The van der Waals surface area contributed by atoms with Crippen molar-refractivity contribution >= 4 is 5.91 Å². The molecule has 0 spiro atoms. The second-order valence-electron chi connectivity index (χ2n) is 9.13. The second-order valence-corrected chi connectivity index (χ2v) is 9.13. The molecule has 1 amide bonds. The van der Waals surface area contributed by atoms with Crippen LogP contribution in [0.4, 0.5) is 13.2 Å². The summed E-state index contributed by atoms with van der Waals surface area (Å²) in [6, 6.07) is 0.713. The van der Waals surface area contributed by atoms with E-state index in [9.17, 15) is 18.0 Å². The molecule has 5 nitrogen and oxygen atoms in total. The van der Waals surface area contributed by atoms with E-state index in [0.717, 1.165) is 71.1 Å². The van der Waals surface area contributed by atoms with Crippen molar-refractivity contribution in [2.45, 2.75) is 58.2 Å². The van der Waals surface area contributed by atoms with Crippen LogP contribution in [0, 0.1) is 0 Å². The van der Waals surface area contributed by atoms with Gasteiger partial charge in [0.25, 0.3) is 0 Å². The highest BCUT2D eigenvalue weighted by Crippen LogP contribution is 2.25. The van der Waals surface area contributed by atoms with Crippen LogP contribution in [0.5, 0.6) is 0 Å². The molecule has 3 fully saturated rings. The van der Waals surface area contributed by atoms with Gasteiger partial charge in [-0.05, 0) is 32.8 Å². The number of carbonyl (C=O) groups is 1. The molecule has 8 heteroatoms. The third kappa shape index (κ3) is 6.97. The molecule has 0 atom stereocenters. The Morgan fingerprint density at radius 3 is 2.00 bits per heavy atom. The lowest BCUT2D eigenvalue weighted by atomic mass is 9.94. The summed E-state index contributed by atoms with van der Waals surface area (Å²) in [6.45, 7) is 9.93. The molecular weight excluding hydrogens is 405 g/mol. The van der Waals surface area contributed by atoms with Crippen molar-refractivity contribution < 1.29 is 18.0 Å². The fraction of sp³-hybridized carbons (Fsp3) is 0.783. The molecule has 0 aromatic carbocycles. The highest BCUT2D eigenvalue weighted by molar-refractivity contribution is 5.78. The van der Waals surface area contributed by atoms with E-state index in [-0.39, 0.29) is 5.91 Å². The molecule has 0 bridgehead atoms. The average molecular weight is 443 g/mol. The Bertz CT molecular complexity index is 654. The van der Waals surface area contributed by atoms with Gasteiger partial charge in [0.15, 0.2) is 0 Å². The molecule has 1 aliphatic carbocycles. The zero-order valence-electron chi connectivity index (χ0n) is 19.0. The topological polar surface area (TPSA) is 30.0 Å². The molecule has 0 aromatic rings. The molecule has 3 rings (SSSR count). The van der Waals surface area contributed by atoms with Crippen LogP contribution in [0.1, 0.15) is 46.0 Å². The maximum Gasteiger partial charge on any atom is 0.412 e. The Labute approximate surface area is 184 Å². The van der Waals surface area contributed by atoms with Crippen LogP contribution in [-0.2, 0) is 4.79 Å². The van der Waals surface area contributed by atoms with Crippen molar-refractivity contribution in [2.75, 3.05) is 58.9 Å². The highest BCUT2D eigenvalue weighted by atomic mass is 19.4. The lowest BCUT2D eigenvalue weighted by Crippen LogP contribution is -2.55. The van der Waals surface area contributed by atoms with E-state index in [1.807, 2.05) is 11.8 Å². The van der Waals surface area contributed by atoms with Crippen molar-refractivity contribution in [1.82, 2.24) is 19.6 Å². The molecule has 2 heterocycles. The first kappa shape index (κ1) is 24.1. The van der Waals surface area contributed by atoms with Gasteiger partial charge in [0.05, 0.1) is 6.54 Å². The van der Waals surface area contributed by atoms with Crippen molar-refractivity contribution in [3.8, 4) is 0 Å². The van der Waals surface area contributed by atoms with Gasteiger partial charge in [0, 0.05) is 69.7 Å². The summed E-state index contributed by atoms with van der Waals surface area (Å²) in [6.07, 6.45) is 5.04. The van der Waals surface area contributed by atoms with Crippen molar-refractivity contribution in [1.29, 1.82) is 0 Å². The number of amides is 1. The minimum atomic E-state index is -4.28. The number of carbonyl (C=O) groups excluding carboxylic acids is 1. The molecule has 2 aliphatic heterocycles. The Morgan fingerprint density at radius 2 is 1.42 bits per heavy atom. The van der Waals surface area contributed by atoms with Crippen LogP contribution < -0.4 is 0 Å². The van der Waals surface area contributed by atoms with Gasteiger partial charge in [-0.15, -0.1) is 0 Å². The van der Waals surface area contributed by atoms with Gasteiger partial charge >= 0.3 is 6.18 Å². The fourth-order valence-corrected chi connectivity index (χ4v) is 4.78. The molecule has 3 aliphatic rings. The van der Waals surface area contributed by atoms with Gasteiger partial charge in [0.2, 0.25) is 5.91 Å². The van der Waals surface area contributed by atoms with E-state index in [0.29, 0.717) is 12.6 Å². The molecule has 0 unspecified atom stereocenters. The third-order valence-electron chi connectivity index (χ3n) is 7.01. The molecule has 176 valence electrons. The predicted octanol–water partition coefficient (Wildman–Crippen LogP) is 3.49. The monoisotopic (exact) mass is 442 g/mol. The summed E-state index contributed by atoms with van der Waals surface area (Å²) < 4.78 is 37.9. The maximum atomic E-state index is 12.8. The lowest BCUT2D eigenvalue weighted by Gasteiger charge is -2.42. The summed E-state index contributed by atoms with van der Waals surface area (Å²) in [5.74, 6) is 0.202. The number of rotatable bonds is 5. The summed E-state index contributed by atoms with van der Waals surface area (Å²) >= 11 is 0. The molecule has 0 aromatic heterocycles. The van der Waals surface area contributed by atoms with Gasteiger partial charge in [-0.3, -0.25) is 14.6 Å². The first-order valence-corrected chi connectivity index (χ1v) is 11.7. The molecular formula is C23H37F3N4O. The van der Waals surface area contributed by atoms with Gasteiger partial charge < -0.3 is 9.80 Å². The molecule has 2 saturated heterocycles. The SMILES string of the molecule is C/C(=C\C=C(/C)C(F)(F)F)N1CCN(CC(=O)N2CCN(C3CCCCC3)CC2)CC1. The Kier molecular flexibility index (Phi) is 8.44. The van der Waals surface area contributed by atoms with E-state index in [1.54, 1.807) is 0 Å². The standard InChI is InChI=1S/C23H37F3N4O/c1-19(23(24,25)26)8-9-20(2)28-12-10-27(11-13-28)18-22(31)30-16-14-29(15-17-30)21-6-4-3-5-7-21/h8-9,21H,3-7,10-18H2,1-2H3/b19-8+,20-9+.